The number of carbonyl (C=O) groups excluding carboxylic acids is 1. The van der Waals surface area contributed by atoms with E-state index in [1.807, 2.05) is 13.8 Å². The Labute approximate surface area is 118 Å². The molecule has 0 aliphatic heterocycles. The number of phenolic OH excluding ortho intramolecular Hbond substituents is 1. The Kier molecular flexibility index (Phi) is 5.96. The molecule has 0 radical (unpaired) electrons. The number of methoxy groups -OCH3 is 1. The van der Waals surface area contributed by atoms with Crippen LogP contribution < -0.4 is 10.1 Å². The minimum Gasteiger partial charge on any atom is -0.507 e. The molecule has 1 atom stereocenters. The molecule has 0 bridgehead atoms. The average Bonchev–Trinajstić information content (AvgIpc) is 2.37. The number of amides is 1. The number of benzene rings is 1. The lowest BCUT2D eigenvalue weighted by Crippen LogP contribution is -2.38. The summed E-state index contributed by atoms with van der Waals surface area (Å²) in [5, 5.41) is 12.7. The smallest absolute Gasteiger partial charge is 0.255 e. The molecule has 1 aromatic rings. The summed E-state index contributed by atoms with van der Waals surface area (Å²) in [6.07, 6.45) is 0.696. The molecule has 19 heavy (non-hydrogen) atoms. The van der Waals surface area contributed by atoms with Crippen molar-refractivity contribution in [3.63, 3.8) is 0 Å². The van der Waals surface area contributed by atoms with Gasteiger partial charge in [-0.25, -0.2) is 0 Å². The normalized spacial score (nSPS) is 12.3. The number of rotatable bonds is 6. The number of aromatic hydroxyl groups is 1. The second kappa shape index (κ2) is 7.24. The molecule has 0 saturated carbocycles. The first-order valence-corrected chi connectivity index (χ1v) is 6.76. The van der Waals surface area contributed by atoms with Crippen LogP contribution in [0, 0.1) is 5.92 Å². The van der Waals surface area contributed by atoms with Crippen LogP contribution in [-0.4, -0.2) is 30.0 Å². The molecule has 106 valence electrons. The average molecular weight is 286 g/mol. The Morgan fingerprint density at radius 3 is 2.63 bits per heavy atom. The number of carbonyl (C=O) groups is 1. The zero-order chi connectivity index (χ0) is 14.4. The summed E-state index contributed by atoms with van der Waals surface area (Å²) >= 11 is 5.72. The van der Waals surface area contributed by atoms with Crippen molar-refractivity contribution < 1.29 is 14.6 Å². The van der Waals surface area contributed by atoms with E-state index in [0.29, 0.717) is 18.1 Å². The highest BCUT2D eigenvalue weighted by molar-refractivity contribution is 6.17. The zero-order valence-corrected chi connectivity index (χ0v) is 12.2. The first-order valence-electron chi connectivity index (χ1n) is 6.23. The lowest BCUT2D eigenvalue weighted by Gasteiger charge is -2.21. The van der Waals surface area contributed by atoms with Gasteiger partial charge in [0.15, 0.2) is 0 Å². The quantitative estimate of drug-likeness (QED) is 0.790. The number of phenols is 1. The first-order chi connectivity index (χ1) is 8.99. The van der Waals surface area contributed by atoms with Gasteiger partial charge >= 0.3 is 0 Å². The largest absolute Gasteiger partial charge is 0.507 e. The van der Waals surface area contributed by atoms with E-state index in [0.717, 1.165) is 0 Å². The molecule has 0 spiro atoms. The summed E-state index contributed by atoms with van der Waals surface area (Å²) in [5.41, 5.74) is 0.237. The van der Waals surface area contributed by atoms with Gasteiger partial charge in [-0.3, -0.25) is 4.79 Å². The van der Waals surface area contributed by atoms with Gasteiger partial charge in [-0.1, -0.05) is 13.8 Å². The predicted octanol–water partition coefficient (Wildman–Crippen LogP) is 2.78. The third-order valence-corrected chi connectivity index (χ3v) is 3.21. The number of alkyl halides is 1. The van der Waals surface area contributed by atoms with Crippen LogP contribution in [0.1, 0.15) is 30.6 Å². The molecule has 0 aliphatic rings. The zero-order valence-electron chi connectivity index (χ0n) is 11.4. The van der Waals surface area contributed by atoms with Crippen LogP contribution >= 0.6 is 11.6 Å². The van der Waals surface area contributed by atoms with Crippen molar-refractivity contribution in [2.45, 2.75) is 26.3 Å². The van der Waals surface area contributed by atoms with E-state index in [4.69, 9.17) is 16.3 Å². The maximum absolute atomic E-state index is 12.1. The monoisotopic (exact) mass is 285 g/mol. The molecule has 2 N–H and O–H groups in total. The fourth-order valence-electron chi connectivity index (χ4n) is 1.77. The second-order valence-corrected chi connectivity index (χ2v) is 5.06. The van der Waals surface area contributed by atoms with Crippen LogP contribution in [0.15, 0.2) is 18.2 Å². The van der Waals surface area contributed by atoms with Crippen molar-refractivity contribution in [1.82, 2.24) is 5.32 Å². The van der Waals surface area contributed by atoms with E-state index in [2.05, 4.69) is 5.32 Å². The summed E-state index contributed by atoms with van der Waals surface area (Å²) in [6.45, 7) is 4.04. The van der Waals surface area contributed by atoms with Gasteiger partial charge in [0.1, 0.15) is 11.5 Å². The summed E-state index contributed by atoms with van der Waals surface area (Å²) in [7, 11) is 1.50. The van der Waals surface area contributed by atoms with E-state index in [1.165, 1.54) is 13.2 Å². The standard InChI is InChI=1S/C14H20ClNO3/c1-9(2)12(6-7-15)16-14(18)11-5-4-10(19-3)8-13(11)17/h4-5,8-9,12,17H,6-7H2,1-3H3,(H,16,18). The van der Waals surface area contributed by atoms with Crippen LogP contribution in [0.2, 0.25) is 0 Å². The van der Waals surface area contributed by atoms with Crippen molar-refractivity contribution in [3.8, 4) is 11.5 Å². The van der Waals surface area contributed by atoms with Gasteiger partial charge in [0.2, 0.25) is 0 Å². The van der Waals surface area contributed by atoms with Crippen molar-refractivity contribution in [2.75, 3.05) is 13.0 Å². The molecular weight excluding hydrogens is 266 g/mol. The number of hydrogen-bond donors (Lipinski definition) is 2. The maximum atomic E-state index is 12.1. The van der Waals surface area contributed by atoms with Crippen LogP contribution in [-0.2, 0) is 0 Å². The maximum Gasteiger partial charge on any atom is 0.255 e. The Balaban J connectivity index is 2.82. The summed E-state index contributed by atoms with van der Waals surface area (Å²) in [6, 6.07) is 4.59. The minimum atomic E-state index is -0.302. The van der Waals surface area contributed by atoms with Gasteiger partial charge in [-0.05, 0) is 24.5 Å². The van der Waals surface area contributed by atoms with Crippen molar-refractivity contribution >= 4 is 17.5 Å². The molecule has 0 saturated heterocycles. The number of nitrogens with one attached hydrogen (secondary N) is 1. The molecule has 1 aromatic carbocycles. The third kappa shape index (κ3) is 4.31. The van der Waals surface area contributed by atoms with E-state index in [1.54, 1.807) is 12.1 Å². The first kappa shape index (κ1) is 15.6. The van der Waals surface area contributed by atoms with Gasteiger partial charge in [0.25, 0.3) is 5.91 Å². The van der Waals surface area contributed by atoms with E-state index < -0.39 is 0 Å². The van der Waals surface area contributed by atoms with E-state index in [9.17, 15) is 9.90 Å². The molecule has 4 nitrogen and oxygen atoms in total. The Morgan fingerprint density at radius 2 is 2.16 bits per heavy atom. The van der Waals surface area contributed by atoms with Crippen molar-refractivity contribution in [2.24, 2.45) is 5.92 Å². The third-order valence-electron chi connectivity index (χ3n) is 2.99. The molecule has 1 amide bonds. The molecule has 0 fully saturated rings. The van der Waals surface area contributed by atoms with E-state index in [-0.39, 0.29) is 29.2 Å². The predicted molar refractivity (Wildman–Crippen MR) is 76.1 cm³/mol. The fourth-order valence-corrected chi connectivity index (χ4v) is 2.00. The molecule has 1 unspecified atom stereocenters. The summed E-state index contributed by atoms with van der Waals surface area (Å²) in [5.74, 6) is 0.880. The Morgan fingerprint density at radius 1 is 1.47 bits per heavy atom. The summed E-state index contributed by atoms with van der Waals surface area (Å²) in [4.78, 5) is 12.1. The number of halogens is 1. The lowest BCUT2D eigenvalue weighted by molar-refractivity contribution is 0.0922. The van der Waals surface area contributed by atoms with Crippen LogP contribution in [0.5, 0.6) is 11.5 Å². The Bertz CT molecular complexity index is 435. The number of ether oxygens (including phenoxy) is 1. The summed E-state index contributed by atoms with van der Waals surface area (Å²) < 4.78 is 4.98. The fraction of sp³-hybridized carbons (Fsp3) is 0.500. The highest BCUT2D eigenvalue weighted by Gasteiger charge is 2.18. The van der Waals surface area contributed by atoms with Crippen molar-refractivity contribution in [1.29, 1.82) is 0 Å². The highest BCUT2D eigenvalue weighted by Crippen LogP contribution is 2.23. The second-order valence-electron chi connectivity index (χ2n) is 4.68. The molecular formula is C14H20ClNO3. The van der Waals surface area contributed by atoms with Gasteiger partial charge in [0.05, 0.1) is 12.7 Å². The minimum absolute atomic E-state index is 0.00787. The molecule has 0 aliphatic carbocycles. The topological polar surface area (TPSA) is 58.6 Å². The highest BCUT2D eigenvalue weighted by atomic mass is 35.5. The van der Waals surface area contributed by atoms with Crippen LogP contribution in [0.3, 0.4) is 0 Å². The Hall–Kier alpha value is -1.42. The number of hydrogen-bond acceptors (Lipinski definition) is 3. The van der Waals surface area contributed by atoms with Gasteiger partial charge in [0, 0.05) is 18.0 Å². The molecule has 0 aromatic heterocycles. The molecule has 1 rings (SSSR count). The SMILES string of the molecule is COc1ccc(C(=O)NC(CCCl)C(C)C)c(O)c1. The molecule has 0 heterocycles. The van der Waals surface area contributed by atoms with Crippen LogP contribution in [0.25, 0.3) is 0 Å². The van der Waals surface area contributed by atoms with Gasteiger partial charge < -0.3 is 15.2 Å². The van der Waals surface area contributed by atoms with E-state index >= 15 is 0 Å². The lowest BCUT2D eigenvalue weighted by atomic mass is 10.0. The van der Waals surface area contributed by atoms with Crippen molar-refractivity contribution in [3.05, 3.63) is 23.8 Å². The van der Waals surface area contributed by atoms with Gasteiger partial charge in [-0.15, -0.1) is 11.6 Å². The van der Waals surface area contributed by atoms with Crippen LogP contribution in [0.4, 0.5) is 0 Å². The molecule has 5 heteroatoms. The van der Waals surface area contributed by atoms with Gasteiger partial charge in [-0.2, -0.15) is 0 Å².